The zero-order valence-corrected chi connectivity index (χ0v) is 9.67. The Bertz CT molecular complexity index is 629. The topological polar surface area (TPSA) is 72.2 Å². The summed E-state index contributed by atoms with van der Waals surface area (Å²) in [5.41, 5.74) is -0.600. The minimum Gasteiger partial charge on any atom is -0.322 e. The Kier molecular flexibility index (Phi) is 3.51. The number of nitrogens with one attached hydrogen (secondary N) is 1. The molecule has 0 radical (unpaired) electrons. The van der Waals surface area contributed by atoms with Gasteiger partial charge in [0.25, 0.3) is 5.91 Å². The van der Waals surface area contributed by atoms with Crippen LogP contribution in [-0.2, 0) is 0 Å². The van der Waals surface area contributed by atoms with Crippen LogP contribution in [0.25, 0.3) is 0 Å². The highest BCUT2D eigenvalue weighted by Crippen LogP contribution is 2.21. The summed E-state index contributed by atoms with van der Waals surface area (Å²) in [4.78, 5) is 21.6. The molecule has 0 bridgehead atoms. The Morgan fingerprint density at radius 1 is 1.11 bits per heavy atom. The highest BCUT2D eigenvalue weighted by Gasteiger charge is 2.21. The van der Waals surface area contributed by atoms with Crippen molar-refractivity contribution < 1.29 is 14.1 Å². The van der Waals surface area contributed by atoms with Crippen LogP contribution in [0.15, 0.2) is 48.5 Å². The normalized spacial score (nSPS) is 9.95. The Labute approximate surface area is 107 Å². The molecule has 0 fully saturated rings. The van der Waals surface area contributed by atoms with E-state index in [1.807, 2.05) is 0 Å². The van der Waals surface area contributed by atoms with Gasteiger partial charge >= 0.3 is 5.69 Å². The zero-order chi connectivity index (χ0) is 13.8. The quantitative estimate of drug-likeness (QED) is 0.681. The summed E-state index contributed by atoms with van der Waals surface area (Å²) in [6.07, 6.45) is 0. The summed E-state index contributed by atoms with van der Waals surface area (Å²) in [6.45, 7) is 0. The van der Waals surface area contributed by atoms with E-state index in [2.05, 4.69) is 5.32 Å². The highest BCUT2D eigenvalue weighted by atomic mass is 19.1. The van der Waals surface area contributed by atoms with Crippen LogP contribution >= 0.6 is 0 Å². The van der Waals surface area contributed by atoms with Gasteiger partial charge in [0.2, 0.25) is 5.82 Å². The number of hydrogen-bond acceptors (Lipinski definition) is 3. The van der Waals surface area contributed by atoms with Gasteiger partial charge < -0.3 is 5.32 Å². The maximum absolute atomic E-state index is 13.8. The van der Waals surface area contributed by atoms with E-state index in [4.69, 9.17) is 0 Å². The third kappa shape index (κ3) is 2.74. The fourth-order valence-corrected chi connectivity index (χ4v) is 1.56. The average Bonchev–Trinajstić information content (AvgIpc) is 2.39. The summed E-state index contributed by atoms with van der Waals surface area (Å²) in [5.74, 6) is -1.87. The summed E-state index contributed by atoms with van der Waals surface area (Å²) in [7, 11) is 0. The van der Waals surface area contributed by atoms with Gasteiger partial charge in [-0.2, -0.15) is 4.39 Å². The van der Waals surface area contributed by atoms with E-state index in [1.165, 1.54) is 12.1 Å². The molecule has 0 atom stereocenters. The van der Waals surface area contributed by atoms with Crippen LogP contribution in [0.4, 0.5) is 15.8 Å². The molecule has 0 saturated heterocycles. The van der Waals surface area contributed by atoms with Crippen LogP contribution < -0.4 is 5.32 Å². The van der Waals surface area contributed by atoms with Crippen LogP contribution in [0.3, 0.4) is 0 Å². The van der Waals surface area contributed by atoms with E-state index in [-0.39, 0.29) is 5.56 Å². The molecule has 0 aliphatic heterocycles. The molecule has 2 rings (SSSR count). The van der Waals surface area contributed by atoms with Crippen molar-refractivity contribution in [1.82, 2.24) is 0 Å². The molecule has 5 nitrogen and oxygen atoms in total. The second kappa shape index (κ2) is 5.26. The van der Waals surface area contributed by atoms with Gasteiger partial charge in [-0.25, -0.2) is 0 Å². The van der Waals surface area contributed by atoms with Crippen LogP contribution in [-0.4, -0.2) is 10.8 Å². The van der Waals surface area contributed by atoms with Crippen LogP contribution in [0.5, 0.6) is 0 Å². The molecule has 1 N–H and O–H groups in total. The molecular weight excluding hydrogens is 251 g/mol. The van der Waals surface area contributed by atoms with Crippen molar-refractivity contribution in [2.24, 2.45) is 0 Å². The Balaban J connectivity index is 2.30. The maximum atomic E-state index is 13.8. The van der Waals surface area contributed by atoms with Crippen molar-refractivity contribution in [3.63, 3.8) is 0 Å². The smallest absolute Gasteiger partial charge is 0.305 e. The standard InChI is InChI=1S/C13H9FN2O3/c14-12-10(7-4-8-11(12)16(18)19)13(17)15-9-5-2-1-3-6-9/h1-8H,(H,15,17). The largest absolute Gasteiger partial charge is 0.322 e. The average molecular weight is 260 g/mol. The fraction of sp³-hybridized carbons (Fsp3) is 0. The van der Waals surface area contributed by atoms with Crippen LogP contribution in [0, 0.1) is 15.9 Å². The number of halogens is 1. The molecular formula is C13H9FN2O3. The number of benzene rings is 2. The Morgan fingerprint density at radius 2 is 1.79 bits per heavy atom. The molecule has 1 amide bonds. The Morgan fingerprint density at radius 3 is 2.42 bits per heavy atom. The van der Waals surface area contributed by atoms with E-state index >= 15 is 0 Å². The van der Waals surface area contributed by atoms with Crippen LogP contribution in [0.1, 0.15) is 10.4 Å². The highest BCUT2D eigenvalue weighted by molar-refractivity contribution is 6.04. The van der Waals surface area contributed by atoms with Gasteiger partial charge in [-0.3, -0.25) is 14.9 Å². The first-order chi connectivity index (χ1) is 9.09. The summed E-state index contributed by atoms with van der Waals surface area (Å²) in [5, 5.41) is 13.1. The second-order valence-electron chi connectivity index (χ2n) is 3.72. The maximum Gasteiger partial charge on any atom is 0.305 e. The third-order valence-corrected chi connectivity index (χ3v) is 2.45. The third-order valence-electron chi connectivity index (χ3n) is 2.45. The van der Waals surface area contributed by atoms with Crippen molar-refractivity contribution in [3.05, 3.63) is 70.0 Å². The van der Waals surface area contributed by atoms with Crippen molar-refractivity contribution in [1.29, 1.82) is 0 Å². The summed E-state index contributed by atoms with van der Waals surface area (Å²) >= 11 is 0. The van der Waals surface area contributed by atoms with Crippen molar-refractivity contribution in [3.8, 4) is 0 Å². The molecule has 0 aliphatic carbocycles. The molecule has 6 heteroatoms. The van der Waals surface area contributed by atoms with Gasteiger partial charge in [0.1, 0.15) is 0 Å². The minimum absolute atomic E-state index is 0.363. The number of amides is 1. The van der Waals surface area contributed by atoms with Gasteiger partial charge in [-0.15, -0.1) is 0 Å². The number of carbonyl (C=O) groups is 1. The lowest BCUT2D eigenvalue weighted by molar-refractivity contribution is -0.387. The number of carbonyl (C=O) groups excluding carboxylic acids is 1. The molecule has 96 valence electrons. The van der Waals surface area contributed by atoms with Crippen molar-refractivity contribution in [2.75, 3.05) is 5.32 Å². The molecule has 2 aromatic rings. The lowest BCUT2D eigenvalue weighted by atomic mass is 10.1. The lowest BCUT2D eigenvalue weighted by Crippen LogP contribution is -2.14. The van der Waals surface area contributed by atoms with Crippen molar-refractivity contribution >= 4 is 17.3 Å². The summed E-state index contributed by atoms with van der Waals surface area (Å²) in [6, 6.07) is 11.9. The molecule has 0 unspecified atom stereocenters. The SMILES string of the molecule is O=C(Nc1ccccc1)c1cccc([N+](=O)[O-])c1F. The number of rotatable bonds is 3. The van der Waals surface area contributed by atoms with Gasteiger partial charge in [0.15, 0.2) is 0 Å². The molecule has 0 saturated carbocycles. The number of nitro benzene ring substituents is 1. The van der Waals surface area contributed by atoms with Crippen LogP contribution in [0.2, 0.25) is 0 Å². The van der Waals surface area contributed by atoms with E-state index < -0.39 is 22.3 Å². The van der Waals surface area contributed by atoms with Gasteiger partial charge in [0, 0.05) is 11.8 Å². The van der Waals surface area contributed by atoms with E-state index in [9.17, 15) is 19.3 Å². The van der Waals surface area contributed by atoms with E-state index in [0.717, 1.165) is 6.07 Å². The van der Waals surface area contributed by atoms with Crippen molar-refractivity contribution in [2.45, 2.75) is 0 Å². The van der Waals surface area contributed by atoms with Gasteiger partial charge in [-0.05, 0) is 18.2 Å². The predicted molar refractivity (Wildman–Crippen MR) is 67.4 cm³/mol. The number of nitro groups is 1. The first kappa shape index (κ1) is 12.7. The van der Waals surface area contributed by atoms with Gasteiger partial charge in [0.05, 0.1) is 10.5 Å². The number of anilines is 1. The zero-order valence-electron chi connectivity index (χ0n) is 9.67. The molecule has 2 aromatic carbocycles. The molecule has 0 heterocycles. The Hall–Kier alpha value is -2.76. The van der Waals surface area contributed by atoms with Gasteiger partial charge in [-0.1, -0.05) is 24.3 Å². The molecule has 0 aromatic heterocycles. The second-order valence-corrected chi connectivity index (χ2v) is 3.72. The van der Waals surface area contributed by atoms with E-state index in [0.29, 0.717) is 5.69 Å². The minimum atomic E-state index is -1.14. The first-order valence-corrected chi connectivity index (χ1v) is 5.39. The summed E-state index contributed by atoms with van der Waals surface area (Å²) < 4.78 is 13.8. The first-order valence-electron chi connectivity index (χ1n) is 5.39. The number of hydrogen-bond donors (Lipinski definition) is 1. The number of nitrogens with zero attached hydrogens (tertiary/aromatic N) is 1. The van der Waals surface area contributed by atoms with E-state index in [1.54, 1.807) is 30.3 Å². The lowest BCUT2D eigenvalue weighted by Gasteiger charge is -2.05. The monoisotopic (exact) mass is 260 g/mol. The molecule has 0 aliphatic rings. The fourth-order valence-electron chi connectivity index (χ4n) is 1.56. The molecule has 0 spiro atoms. The molecule has 19 heavy (non-hydrogen) atoms. The predicted octanol–water partition coefficient (Wildman–Crippen LogP) is 2.99. The number of para-hydroxylation sites is 1.